The lowest BCUT2D eigenvalue weighted by molar-refractivity contribution is 0.437. The first kappa shape index (κ1) is 17.7. The van der Waals surface area contributed by atoms with Gasteiger partial charge in [0.15, 0.2) is 0 Å². The SMILES string of the molecule is Nc1[nH]c2c(C3CCCCC3)nc(C3CC3)nc2c1S(=O)(=O)c1ccccc1. The summed E-state index contributed by atoms with van der Waals surface area (Å²) in [4.78, 5) is 13.1. The van der Waals surface area contributed by atoms with Gasteiger partial charge in [-0.15, -0.1) is 0 Å². The molecule has 28 heavy (non-hydrogen) atoms. The monoisotopic (exact) mass is 396 g/mol. The molecule has 2 aliphatic carbocycles. The highest BCUT2D eigenvalue weighted by Gasteiger charge is 2.33. The summed E-state index contributed by atoms with van der Waals surface area (Å²) in [5, 5.41) is 0. The molecule has 0 amide bonds. The molecule has 0 bridgehead atoms. The molecule has 2 fully saturated rings. The van der Waals surface area contributed by atoms with Gasteiger partial charge in [-0.25, -0.2) is 18.4 Å². The second-order valence-electron chi connectivity index (χ2n) is 7.98. The Balaban J connectivity index is 1.75. The number of nitrogens with zero attached hydrogens (tertiary/aromatic N) is 2. The number of anilines is 1. The van der Waals surface area contributed by atoms with Crippen molar-refractivity contribution in [3.8, 4) is 0 Å². The fourth-order valence-corrected chi connectivity index (χ4v) is 5.78. The normalized spacial score (nSPS) is 18.6. The number of nitrogen functional groups attached to an aromatic ring is 1. The van der Waals surface area contributed by atoms with E-state index in [0.29, 0.717) is 22.9 Å². The van der Waals surface area contributed by atoms with Crippen molar-refractivity contribution >= 4 is 26.7 Å². The molecule has 0 spiro atoms. The predicted molar refractivity (Wildman–Crippen MR) is 108 cm³/mol. The molecular formula is C21H24N4O2S. The van der Waals surface area contributed by atoms with E-state index in [1.807, 2.05) is 0 Å². The van der Waals surface area contributed by atoms with Crippen LogP contribution in [-0.2, 0) is 9.84 Å². The molecule has 0 unspecified atom stereocenters. The van der Waals surface area contributed by atoms with Crippen molar-refractivity contribution < 1.29 is 8.42 Å². The highest BCUT2D eigenvalue weighted by molar-refractivity contribution is 7.92. The van der Waals surface area contributed by atoms with Crippen molar-refractivity contribution in [3.05, 3.63) is 41.9 Å². The van der Waals surface area contributed by atoms with Crippen LogP contribution in [0.15, 0.2) is 40.1 Å². The summed E-state index contributed by atoms with van der Waals surface area (Å²) in [6.45, 7) is 0. The van der Waals surface area contributed by atoms with E-state index < -0.39 is 9.84 Å². The maximum absolute atomic E-state index is 13.4. The van der Waals surface area contributed by atoms with Gasteiger partial charge in [0, 0.05) is 11.8 Å². The Labute approximate surface area is 164 Å². The molecule has 2 aromatic heterocycles. The number of aromatic nitrogens is 3. The quantitative estimate of drug-likeness (QED) is 0.685. The van der Waals surface area contributed by atoms with Gasteiger partial charge in [0.05, 0.1) is 16.1 Å². The van der Waals surface area contributed by atoms with E-state index in [1.54, 1.807) is 30.3 Å². The lowest BCUT2D eigenvalue weighted by Crippen LogP contribution is -2.10. The number of nitrogens with two attached hydrogens (primary N) is 1. The number of H-pyrrole nitrogens is 1. The number of fused-ring (bicyclic) bond motifs is 1. The summed E-state index contributed by atoms with van der Waals surface area (Å²) >= 11 is 0. The third-order valence-electron chi connectivity index (χ3n) is 5.93. The average Bonchev–Trinajstić information content (AvgIpc) is 3.50. The molecule has 0 aliphatic heterocycles. The van der Waals surface area contributed by atoms with E-state index in [1.165, 1.54) is 19.3 Å². The van der Waals surface area contributed by atoms with Crippen LogP contribution in [0.2, 0.25) is 0 Å². The molecule has 146 valence electrons. The van der Waals surface area contributed by atoms with Gasteiger partial charge in [0.1, 0.15) is 22.1 Å². The molecule has 2 heterocycles. The molecule has 3 N–H and O–H groups in total. The molecule has 6 nitrogen and oxygen atoms in total. The third kappa shape index (κ3) is 2.89. The second-order valence-corrected chi connectivity index (χ2v) is 9.87. The van der Waals surface area contributed by atoms with Crippen molar-refractivity contribution in [2.45, 2.75) is 66.6 Å². The van der Waals surface area contributed by atoms with E-state index in [9.17, 15) is 8.42 Å². The number of aromatic amines is 1. The number of sulfone groups is 1. The molecule has 2 saturated carbocycles. The van der Waals surface area contributed by atoms with E-state index in [2.05, 4.69) is 4.98 Å². The highest BCUT2D eigenvalue weighted by atomic mass is 32.2. The van der Waals surface area contributed by atoms with Crippen molar-refractivity contribution in [1.29, 1.82) is 0 Å². The smallest absolute Gasteiger partial charge is 0.212 e. The molecule has 7 heteroatoms. The van der Waals surface area contributed by atoms with Gasteiger partial charge < -0.3 is 10.7 Å². The van der Waals surface area contributed by atoms with Crippen molar-refractivity contribution in [3.63, 3.8) is 0 Å². The van der Waals surface area contributed by atoms with Crippen LogP contribution in [0, 0.1) is 0 Å². The summed E-state index contributed by atoms with van der Waals surface area (Å²) in [5.41, 5.74) is 8.32. The first-order valence-electron chi connectivity index (χ1n) is 10.0. The van der Waals surface area contributed by atoms with Gasteiger partial charge in [-0.2, -0.15) is 0 Å². The maximum Gasteiger partial charge on any atom is 0.212 e. The summed E-state index contributed by atoms with van der Waals surface area (Å²) < 4.78 is 26.7. The Morgan fingerprint density at radius 3 is 2.32 bits per heavy atom. The van der Waals surface area contributed by atoms with Gasteiger partial charge in [-0.1, -0.05) is 37.5 Å². The van der Waals surface area contributed by atoms with Crippen LogP contribution < -0.4 is 5.73 Å². The number of hydrogen-bond donors (Lipinski definition) is 2. The molecular weight excluding hydrogens is 372 g/mol. The molecule has 0 atom stereocenters. The van der Waals surface area contributed by atoms with E-state index >= 15 is 0 Å². The van der Waals surface area contributed by atoms with Gasteiger partial charge >= 0.3 is 0 Å². The van der Waals surface area contributed by atoms with Crippen LogP contribution in [0.4, 0.5) is 5.82 Å². The predicted octanol–water partition coefficient (Wildman–Crippen LogP) is 4.30. The van der Waals surface area contributed by atoms with Gasteiger partial charge in [-0.05, 0) is 37.8 Å². The largest absolute Gasteiger partial charge is 0.384 e. The zero-order valence-corrected chi connectivity index (χ0v) is 16.5. The summed E-state index contributed by atoms with van der Waals surface area (Å²) in [6, 6.07) is 8.43. The fraction of sp³-hybridized carbons (Fsp3) is 0.429. The number of rotatable bonds is 4. The van der Waals surface area contributed by atoms with Crippen LogP contribution in [0.3, 0.4) is 0 Å². The van der Waals surface area contributed by atoms with Crippen LogP contribution in [-0.4, -0.2) is 23.4 Å². The Bertz CT molecular complexity index is 1130. The van der Waals surface area contributed by atoms with E-state index in [4.69, 9.17) is 15.7 Å². The second kappa shape index (κ2) is 6.58. The number of nitrogens with one attached hydrogen (secondary N) is 1. The van der Waals surface area contributed by atoms with Crippen LogP contribution >= 0.6 is 0 Å². The summed E-state index contributed by atoms with van der Waals surface area (Å²) in [5.74, 6) is 1.60. The Kier molecular flexibility index (Phi) is 4.16. The van der Waals surface area contributed by atoms with Crippen LogP contribution in [0.5, 0.6) is 0 Å². The number of benzene rings is 1. The van der Waals surface area contributed by atoms with E-state index in [-0.39, 0.29) is 15.6 Å². The van der Waals surface area contributed by atoms with Crippen molar-refractivity contribution in [2.24, 2.45) is 0 Å². The van der Waals surface area contributed by atoms with Crippen molar-refractivity contribution in [2.75, 3.05) is 5.73 Å². The lowest BCUT2D eigenvalue weighted by atomic mass is 9.86. The topological polar surface area (TPSA) is 102 Å². The molecule has 0 saturated heterocycles. The lowest BCUT2D eigenvalue weighted by Gasteiger charge is -2.22. The standard InChI is InChI=1S/C21H24N4O2S/c22-20-19(28(26,27)15-9-5-2-6-10-15)18-17(23-20)16(13-7-3-1-4-8-13)24-21(25-18)14-11-12-14/h2,5-6,9-10,13-14,23H,1,3-4,7-8,11-12,22H2. The first-order valence-corrected chi connectivity index (χ1v) is 11.5. The highest BCUT2D eigenvalue weighted by Crippen LogP contribution is 2.43. The Morgan fingerprint density at radius 2 is 1.64 bits per heavy atom. The van der Waals surface area contributed by atoms with Crippen LogP contribution in [0.25, 0.3) is 11.0 Å². The molecule has 5 rings (SSSR count). The molecule has 1 aromatic carbocycles. The zero-order valence-electron chi connectivity index (χ0n) is 15.7. The summed E-state index contributed by atoms with van der Waals surface area (Å²) in [6.07, 6.45) is 7.90. The first-order chi connectivity index (χ1) is 13.6. The molecule has 2 aliphatic rings. The van der Waals surface area contributed by atoms with Gasteiger partial charge in [0.25, 0.3) is 0 Å². The Hall–Kier alpha value is -2.41. The van der Waals surface area contributed by atoms with Gasteiger partial charge in [0.2, 0.25) is 9.84 Å². The Morgan fingerprint density at radius 1 is 0.929 bits per heavy atom. The minimum Gasteiger partial charge on any atom is -0.384 e. The minimum absolute atomic E-state index is 0.0926. The van der Waals surface area contributed by atoms with Gasteiger partial charge in [-0.3, -0.25) is 0 Å². The maximum atomic E-state index is 13.4. The van der Waals surface area contributed by atoms with Crippen molar-refractivity contribution in [1.82, 2.24) is 15.0 Å². The average molecular weight is 397 g/mol. The van der Waals surface area contributed by atoms with Crippen LogP contribution in [0.1, 0.15) is 68.3 Å². The number of hydrogen-bond acceptors (Lipinski definition) is 5. The zero-order chi connectivity index (χ0) is 19.3. The summed E-state index contributed by atoms with van der Waals surface area (Å²) in [7, 11) is -3.77. The minimum atomic E-state index is -3.77. The van der Waals surface area contributed by atoms with E-state index in [0.717, 1.165) is 37.2 Å². The molecule has 0 radical (unpaired) electrons. The third-order valence-corrected chi connectivity index (χ3v) is 7.77. The fourth-order valence-electron chi connectivity index (χ4n) is 4.29. The molecule has 3 aromatic rings.